The summed E-state index contributed by atoms with van der Waals surface area (Å²) in [6.45, 7) is 0. The first-order chi connectivity index (χ1) is 8.76. The van der Waals surface area contributed by atoms with E-state index in [1.165, 1.54) is 6.33 Å². The van der Waals surface area contributed by atoms with Gasteiger partial charge < -0.3 is 21.1 Å². The molecule has 0 aliphatic rings. The van der Waals surface area contributed by atoms with Crippen molar-refractivity contribution in [2.45, 2.75) is 0 Å². The highest BCUT2D eigenvalue weighted by Crippen LogP contribution is 2.30. The van der Waals surface area contributed by atoms with Crippen molar-refractivity contribution in [1.29, 1.82) is 0 Å². The highest BCUT2D eigenvalue weighted by Gasteiger charge is 2.09. The van der Waals surface area contributed by atoms with Crippen molar-refractivity contribution < 1.29 is 4.74 Å². The lowest BCUT2D eigenvalue weighted by Gasteiger charge is -2.13. The van der Waals surface area contributed by atoms with Gasteiger partial charge in [0, 0.05) is 7.05 Å². The van der Waals surface area contributed by atoms with Gasteiger partial charge in [-0.15, -0.1) is 0 Å². The van der Waals surface area contributed by atoms with E-state index in [0.717, 1.165) is 11.4 Å². The smallest absolute Gasteiger partial charge is 0.159 e. The number of methoxy groups -OCH3 is 1. The summed E-state index contributed by atoms with van der Waals surface area (Å²) in [5.74, 6) is 1.85. The van der Waals surface area contributed by atoms with Gasteiger partial charge in [-0.3, -0.25) is 0 Å². The van der Waals surface area contributed by atoms with Gasteiger partial charge in [-0.1, -0.05) is 12.1 Å². The monoisotopic (exact) mass is 245 g/mol. The molecule has 4 N–H and O–H groups in total. The molecule has 0 amide bonds. The zero-order chi connectivity index (χ0) is 13.0. The third-order valence-corrected chi connectivity index (χ3v) is 2.48. The van der Waals surface area contributed by atoms with Crippen molar-refractivity contribution in [3.8, 4) is 5.75 Å². The molecule has 0 saturated carbocycles. The summed E-state index contributed by atoms with van der Waals surface area (Å²) >= 11 is 0. The first kappa shape index (κ1) is 12.0. The Bertz CT molecular complexity index is 544. The van der Waals surface area contributed by atoms with Crippen LogP contribution in [0.25, 0.3) is 0 Å². The Balaban J connectivity index is 2.34. The van der Waals surface area contributed by atoms with Gasteiger partial charge in [-0.2, -0.15) is 0 Å². The Hall–Kier alpha value is -2.50. The van der Waals surface area contributed by atoms with Crippen molar-refractivity contribution in [2.75, 3.05) is 30.5 Å². The average Bonchev–Trinajstić information content (AvgIpc) is 2.42. The Morgan fingerprint density at radius 1 is 1.17 bits per heavy atom. The Morgan fingerprint density at radius 3 is 2.61 bits per heavy atom. The molecule has 0 saturated heterocycles. The Kier molecular flexibility index (Phi) is 3.47. The van der Waals surface area contributed by atoms with Gasteiger partial charge in [0.25, 0.3) is 0 Å². The number of aromatic nitrogens is 2. The van der Waals surface area contributed by atoms with E-state index in [0.29, 0.717) is 17.3 Å². The van der Waals surface area contributed by atoms with Crippen molar-refractivity contribution in [2.24, 2.45) is 0 Å². The molecule has 2 aromatic rings. The number of ether oxygens (including phenoxy) is 1. The van der Waals surface area contributed by atoms with E-state index in [4.69, 9.17) is 10.5 Å². The lowest BCUT2D eigenvalue weighted by Crippen LogP contribution is -2.05. The third-order valence-electron chi connectivity index (χ3n) is 2.48. The van der Waals surface area contributed by atoms with Crippen LogP contribution in [0.4, 0.5) is 23.0 Å². The number of benzene rings is 1. The molecule has 0 bridgehead atoms. The van der Waals surface area contributed by atoms with Crippen LogP contribution in [0.15, 0.2) is 30.6 Å². The molecule has 0 radical (unpaired) electrons. The molecule has 1 heterocycles. The summed E-state index contributed by atoms with van der Waals surface area (Å²) in [5, 5.41) is 6.03. The predicted octanol–water partition coefficient (Wildman–Crippen LogP) is 1.85. The van der Waals surface area contributed by atoms with Crippen LogP contribution in [0, 0.1) is 0 Å². The highest BCUT2D eigenvalue weighted by atomic mass is 16.5. The fourth-order valence-corrected chi connectivity index (χ4v) is 1.57. The number of anilines is 4. The molecule has 18 heavy (non-hydrogen) atoms. The molecule has 0 spiro atoms. The fourth-order valence-electron chi connectivity index (χ4n) is 1.57. The quantitative estimate of drug-likeness (QED) is 0.762. The van der Waals surface area contributed by atoms with E-state index in [1.807, 2.05) is 24.3 Å². The third kappa shape index (κ3) is 2.27. The fraction of sp³-hybridized carbons (Fsp3) is 0.167. The summed E-state index contributed by atoms with van der Waals surface area (Å²) < 4.78 is 5.25. The summed E-state index contributed by atoms with van der Waals surface area (Å²) in [7, 11) is 3.37. The summed E-state index contributed by atoms with van der Waals surface area (Å²) in [4.78, 5) is 8.14. The van der Waals surface area contributed by atoms with Crippen LogP contribution in [-0.2, 0) is 0 Å². The predicted molar refractivity (Wildman–Crippen MR) is 72.3 cm³/mol. The Morgan fingerprint density at radius 2 is 1.89 bits per heavy atom. The van der Waals surface area contributed by atoms with E-state index in [1.54, 1.807) is 14.2 Å². The van der Waals surface area contributed by atoms with Crippen molar-refractivity contribution >= 4 is 23.0 Å². The van der Waals surface area contributed by atoms with Gasteiger partial charge in [0.1, 0.15) is 17.8 Å². The van der Waals surface area contributed by atoms with Crippen LogP contribution in [-0.4, -0.2) is 24.1 Å². The summed E-state index contributed by atoms with van der Waals surface area (Å²) in [6.07, 6.45) is 1.44. The van der Waals surface area contributed by atoms with Crippen molar-refractivity contribution in [3.05, 3.63) is 30.6 Å². The van der Waals surface area contributed by atoms with Gasteiger partial charge in [-0.05, 0) is 12.1 Å². The molecule has 1 aromatic carbocycles. The first-order valence-electron chi connectivity index (χ1n) is 5.44. The topological polar surface area (TPSA) is 85.1 Å². The van der Waals surface area contributed by atoms with Gasteiger partial charge >= 0.3 is 0 Å². The molecule has 6 heteroatoms. The van der Waals surface area contributed by atoms with E-state index in [-0.39, 0.29) is 0 Å². The minimum atomic E-state index is 0.464. The zero-order valence-electron chi connectivity index (χ0n) is 10.3. The minimum Gasteiger partial charge on any atom is -0.495 e. The molecular weight excluding hydrogens is 230 g/mol. The van der Waals surface area contributed by atoms with Crippen LogP contribution >= 0.6 is 0 Å². The zero-order valence-corrected chi connectivity index (χ0v) is 10.3. The van der Waals surface area contributed by atoms with Crippen LogP contribution in [0.3, 0.4) is 0 Å². The molecule has 94 valence electrons. The average molecular weight is 245 g/mol. The molecule has 0 fully saturated rings. The molecule has 1 aromatic heterocycles. The number of nitrogens with one attached hydrogen (secondary N) is 2. The number of para-hydroxylation sites is 2. The van der Waals surface area contributed by atoms with Crippen LogP contribution in [0.2, 0.25) is 0 Å². The van der Waals surface area contributed by atoms with Gasteiger partial charge in [0.2, 0.25) is 0 Å². The van der Waals surface area contributed by atoms with E-state index in [2.05, 4.69) is 20.6 Å². The second-order valence-corrected chi connectivity index (χ2v) is 3.56. The molecule has 6 nitrogen and oxygen atoms in total. The highest BCUT2D eigenvalue weighted by molar-refractivity contribution is 5.78. The molecule has 0 aliphatic heterocycles. The van der Waals surface area contributed by atoms with E-state index in [9.17, 15) is 0 Å². The SMILES string of the molecule is CNc1ncnc(Nc2ccccc2OC)c1N. The molecule has 0 unspecified atom stereocenters. The van der Waals surface area contributed by atoms with Crippen molar-refractivity contribution in [1.82, 2.24) is 9.97 Å². The number of rotatable bonds is 4. The van der Waals surface area contributed by atoms with E-state index >= 15 is 0 Å². The number of nitrogens with two attached hydrogens (primary N) is 1. The number of hydrogen-bond acceptors (Lipinski definition) is 6. The minimum absolute atomic E-state index is 0.464. The number of nitrogen functional groups attached to an aromatic ring is 1. The number of nitrogens with zero attached hydrogens (tertiary/aromatic N) is 2. The van der Waals surface area contributed by atoms with Crippen LogP contribution in [0.1, 0.15) is 0 Å². The first-order valence-corrected chi connectivity index (χ1v) is 5.44. The lowest BCUT2D eigenvalue weighted by atomic mass is 10.3. The van der Waals surface area contributed by atoms with Crippen molar-refractivity contribution in [3.63, 3.8) is 0 Å². The maximum atomic E-state index is 5.94. The van der Waals surface area contributed by atoms with Gasteiger partial charge in [0.15, 0.2) is 11.6 Å². The standard InChI is InChI=1S/C12H15N5O/c1-14-11-10(13)12(16-7-15-11)17-8-5-3-4-6-9(8)18-2/h3-7H,13H2,1-2H3,(H2,14,15,16,17). The summed E-state index contributed by atoms with van der Waals surface area (Å²) in [5.41, 5.74) is 7.20. The maximum absolute atomic E-state index is 5.94. The molecule has 0 atom stereocenters. The van der Waals surface area contributed by atoms with Gasteiger partial charge in [0.05, 0.1) is 12.8 Å². The second kappa shape index (κ2) is 5.22. The Labute approximate surface area is 105 Å². The summed E-state index contributed by atoms with van der Waals surface area (Å²) in [6, 6.07) is 7.55. The van der Waals surface area contributed by atoms with Crippen LogP contribution < -0.4 is 21.1 Å². The molecule has 2 rings (SSSR count). The lowest BCUT2D eigenvalue weighted by molar-refractivity contribution is 0.417. The van der Waals surface area contributed by atoms with Gasteiger partial charge in [-0.25, -0.2) is 9.97 Å². The van der Waals surface area contributed by atoms with Crippen LogP contribution in [0.5, 0.6) is 5.75 Å². The second-order valence-electron chi connectivity index (χ2n) is 3.56. The normalized spacial score (nSPS) is 9.89. The van der Waals surface area contributed by atoms with E-state index < -0.39 is 0 Å². The molecule has 0 aliphatic carbocycles. The maximum Gasteiger partial charge on any atom is 0.159 e. The number of hydrogen-bond donors (Lipinski definition) is 3. The molecular formula is C12H15N5O. The largest absolute Gasteiger partial charge is 0.495 e.